The number of aryl methyl sites for hydroxylation is 1. The Morgan fingerprint density at radius 1 is 1.19 bits per heavy atom. The maximum absolute atomic E-state index is 4.88. The van der Waals surface area contributed by atoms with Crippen molar-refractivity contribution in [3.05, 3.63) is 30.1 Å². The average Bonchev–Trinajstić information content (AvgIpc) is 2.89. The molecule has 1 atom stereocenters. The smallest absolute Gasteiger partial charge is 0.204 e. The minimum Gasteiger partial charge on any atom is -0.353 e. The lowest BCUT2D eigenvalue weighted by molar-refractivity contribution is 0.445. The molecule has 0 aliphatic carbocycles. The summed E-state index contributed by atoms with van der Waals surface area (Å²) in [6, 6.07) is 8.20. The third-order valence-corrected chi connectivity index (χ3v) is 4.33. The first-order valence-electron chi connectivity index (χ1n) is 7.59. The van der Waals surface area contributed by atoms with Gasteiger partial charge in [-0.2, -0.15) is 0 Å². The summed E-state index contributed by atoms with van der Waals surface area (Å²) in [6.45, 7) is 6.40. The highest BCUT2D eigenvalue weighted by Crippen LogP contribution is 2.27. The number of para-hydroxylation sites is 2. The van der Waals surface area contributed by atoms with Crippen molar-refractivity contribution >= 4 is 22.5 Å². The summed E-state index contributed by atoms with van der Waals surface area (Å²) in [5.74, 6) is 2.59. The third kappa shape index (κ3) is 1.95. The number of fused-ring (bicyclic) bond motifs is 3. The molecule has 108 valence electrons. The van der Waals surface area contributed by atoms with Gasteiger partial charge in [0.15, 0.2) is 5.82 Å². The average molecular weight is 281 g/mol. The molecule has 0 spiro atoms. The molecule has 0 amide bonds. The van der Waals surface area contributed by atoms with Crippen LogP contribution in [0.2, 0.25) is 0 Å². The zero-order valence-electron chi connectivity index (χ0n) is 12.5. The molecule has 3 heterocycles. The SMILES string of the molecule is Cc1nnc2c(N3CCCC(C)C3)nc3ccccc3n12. The number of hydrogen-bond donors (Lipinski definition) is 0. The molecule has 0 N–H and O–H groups in total. The Labute approximate surface area is 123 Å². The third-order valence-electron chi connectivity index (χ3n) is 4.33. The van der Waals surface area contributed by atoms with Gasteiger partial charge < -0.3 is 4.90 Å². The number of benzene rings is 1. The fraction of sp³-hybridized carbons (Fsp3) is 0.438. The van der Waals surface area contributed by atoms with Crippen LogP contribution in [-0.4, -0.2) is 32.7 Å². The molecular weight excluding hydrogens is 262 g/mol. The van der Waals surface area contributed by atoms with Crippen LogP contribution in [0, 0.1) is 12.8 Å². The van der Waals surface area contributed by atoms with Crippen molar-refractivity contribution < 1.29 is 0 Å². The van der Waals surface area contributed by atoms with E-state index in [2.05, 4.69) is 38.6 Å². The molecule has 1 aliphatic rings. The van der Waals surface area contributed by atoms with Crippen molar-refractivity contribution in [1.29, 1.82) is 0 Å². The van der Waals surface area contributed by atoms with E-state index in [4.69, 9.17) is 4.98 Å². The number of hydrogen-bond acceptors (Lipinski definition) is 4. The summed E-state index contributed by atoms with van der Waals surface area (Å²) < 4.78 is 2.12. The standard InChI is InChI=1S/C16H19N5/c1-11-6-5-9-20(10-11)15-16-19-18-12(2)21(16)14-8-4-3-7-13(14)17-15/h3-4,7-8,11H,5-6,9-10H2,1-2H3. The van der Waals surface area contributed by atoms with E-state index in [1.54, 1.807) is 0 Å². The number of anilines is 1. The highest BCUT2D eigenvalue weighted by Gasteiger charge is 2.22. The van der Waals surface area contributed by atoms with Gasteiger partial charge in [-0.1, -0.05) is 19.1 Å². The quantitative estimate of drug-likeness (QED) is 0.688. The lowest BCUT2D eigenvalue weighted by atomic mass is 10.0. The molecule has 1 aliphatic heterocycles. The minimum absolute atomic E-state index is 0.705. The normalized spacial score (nSPS) is 19.5. The molecule has 0 bridgehead atoms. The molecule has 1 fully saturated rings. The Morgan fingerprint density at radius 2 is 2.05 bits per heavy atom. The molecule has 0 radical (unpaired) electrons. The van der Waals surface area contributed by atoms with Crippen molar-refractivity contribution in [2.75, 3.05) is 18.0 Å². The lowest BCUT2D eigenvalue weighted by Crippen LogP contribution is -2.35. The van der Waals surface area contributed by atoms with Gasteiger partial charge >= 0.3 is 0 Å². The maximum atomic E-state index is 4.88. The largest absolute Gasteiger partial charge is 0.353 e. The van der Waals surface area contributed by atoms with Crippen molar-refractivity contribution in [3.63, 3.8) is 0 Å². The molecule has 5 nitrogen and oxygen atoms in total. The van der Waals surface area contributed by atoms with Gasteiger partial charge in [0.1, 0.15) is 5.82 Å². The van der Waals surface area contributed by atoms with Crippen molar-refractivity contribution in [2.45, 2.75) is 26.7 Å². The van der Waals surface area contributed by atoms with Crippen molar-refractivity contribution in [1.82, 2.24) is 19.6 Å². The van der Waals surface area contributed by atoms with Crippen LogP contribution in [0.4, 0.5) is 5.82 Å². The monoisotopic (exact) mass is 281 g/mol. The van der Waals surface area contributed by atoms with E-state index in [1.807, 2.05) is 19.1 Å². The first-order valence-corrected chi connectivity index (χ1v) is 7.59. The zero-order valence-corrected chi connectivity index (χ0v) is 12.5. The Kier molecular flexibility index (Phi) is 2.80. The van der Waals surface area contributed by atoms with Gasteiger partial charge in [0.25, 0.3) is 0 Å². The molecule has 1 aromatic carbocycles. The minimum atomic E-state index is 0.705. The number of piperidine rings is 1. The fourth-order valence-corrected chi connectivity index (χ4v) is 3.30. The second-order valence-corrected chi connectivity index (χ2v) is 6.02. The summed E-state index contributed by atoms with van der Waals surface area (Å²) >= 11 is 0. The highest BCUT2D eigenvalue weighted by atomic mass is 15.3. The van der Waals surface area contributed by atoms with Crippen LogP contribution >= 0.6 is 0 Å². The molecule has 0 saturated carbocycles. The number of nitrogens with zero attached hydrogens (tertiary/aromatic N) is 5. The van der Waals surface area contributed by atoms with Gasteiger partial charge in [-0.05, 0) is 37.8 Å². The summed E-state index contributed by atoms with van der Waals surface area (Å²) in [5.41, 5.74) is 2.95. The molecule has 1 unspecified atom stereocenters. The van der Waals surface area contributed by atoms with Crippen LogP contribution in [0.1, 0.15) is 25.6 Å². The van der Waals surface area contributed by atoms with Crippen LogP contribution in [0.3, 0.4) is 0 Å². The first-order chi connectivity index (χ1) is 10.2. The zero-order chi connectivity index (χ0) is 14.4. The fourth-order valence-electron chi connectivity index (χ4n) is 3.30. The van der Waals surface area contributed by atoms with Crippen LogP contribution in [0.5, 0.6) is 0 Å². The molecule has 21 heavy (non-hydrogen) atoms. The second-order valence-electron chi connectivity index (χ2n) is 6.02. The first kappa shape index (κ1) is 12.6. The van der Waals surface area contributed by atoms with Gasteiger partial charge in [0.05, 0.1) is 11.0 Å². The summed E-state index contributed by atoms with van der Waals surface area (Å²) in [7, 11) is 0. The predicted molar refractivity (Wildman–Crippen MR) is 83.6 cm³/mol. The molecule has 1 saturated heterocycles. The van der Waals surface area contributed by atoms with Crippen LogP contribution in [0.15, 0.2) is 24.3 Å². The Morgan fingerprint density at radius 3 is 2.90 bits per heavy atom. The molecular formula is C16H19N5. The van der Waals surface area contributed by atoms with E-state index in [1.165, 1.54) is 12.8 Å². The molecule has 5 heteroatoms. The van der Waals surface area contributed by atoms with Gasteiger partial charge in [-0.15, -0.1) is 10.2 Å². The maximum Gasteiger partial charge on any atom is 0.204 e. The van der Waals surface area contributed by atoms with Crippen LogP contribution in [0.25, 0.3) is 16.7 Å². The molecule has 2 aromatic heterocycles. The van der Waals surface area contributed by atoms with Crippen LogP contribution in [-0.2, 0) is 0 Å². The van der Waals surface area contributed by atoms with Crippen molar-refractivity contribution in [2.24, 2.45) is 5.92 Å². The Balaban J connectivity index is 1.98. The predicted octanol–water partition coefficient (Wildman–Crippen LogP) is 2.82. The summed E-state index contributed by atoms with van der Waals surface area (Å²) in [4.78, 5) is 7.24. The lowest BCUT2D eigenvalue weighted by Gasteiger charge is -2.32. The van der Waals surface area contributed by atoms with E-state index >= 15 is 0 Å². The number of rotatable bonds is 1. The van der Waals surface area contributed by atoms with Gasteiger partial charge in [-0.3, -0.25) is 4.40 Å². The summed E-state index contributed by atoms with van der Waals surface area (Å²) in [5, 5.41) is 8.64. The number of aromatic nitrogens is 4. The van der Waals surface area contributed by atoms with Crippen molar-refractivity contribution in [3.8, 4) is 0 Å². The highest BCUT2D eigenvalue weighted by molar-refractivity contribution is 5.83. The van der Waals surface area contributed by atoms with Gasteiger partial charge in [-0.25, -0.2) is 4.98 Å². The van der Waals surface area contributed by atoms with E-state index in [9.17, 15) is 0 Å². The Bertz CT molecular complexity index is 807. The van der Waals surface area contributed by atoms with Gasteiger partial charge in [0, 0.05) is 13.1 Å². The summed E-state index contributed by atoms with van der Waals surface area (Å²) in [6.07, 6.45) is 2.51. The second kappa shape index (κ2) is 4.69. The van der Waals surface area contributed by atoms with E-state index in [0.29, 0.717) is 5.92 Å². The molecule has 4 rings (SSSR count). The Hall–Kier alpha value is -2.17. The van der Waals surface area contributed by atoms with E-state index in [-0.39, 0.29) is 0 Å². The topological polar surface area (TPSA) is 46.3 Å². The molecule has 3 aromatic rings. The van der Waals surface area contributed by atoms with Crippen LogP contribution < -0.4 is 4.90 Å². The van der Waals surface area contributed by atoms with Gasteiger partial charge in [0.2, 0.25) is 5.65 Å². The van der Waals surface area contributed by atoms with E-state index < -0.39 is 0 Å². The van der Waals surface area contributed by atoms with E-state index in [0.717, 1.165) is 41.4 Å².